The molecule has 0 fully saturated rings. The van der Waals surface area contributed by atoms with Gasteiger partial charge in [-0.25, -0.2) is 0 Å². The maximum absolute atomic E-state index is 11.8. The molecular formula is C21H23N5O4S. The van der Waals surface area contributed by atoms with Crippen molar-refractivity contribution in [2.75, 3.05) is 7.11 Å². The SMILES string of the molecule is CCc1n[nH]c(=S)n1/N=C\c1cc(OC)c(OCc2cc(C)ccc2C)c([N+](=O)[O-])c1. The van der Waals surface area contributed by atoms with E-state index in [4.69, 9.17) is 21.7 Å². The van der Waals surface area contributed by atoms with E-state index in [1.807, 2.05) is 39.0 Å². The fourth-order valence-corrected chi connectivity index (χ4v) is 3.22. The van der Waals surface area contributed by atoms with E-state index < -0.39 is 4.92 Å². The summed E-state index contributed by atoms with van der Waals surface area (Å²) < 4.78 is 13.1. The molecule has 9 nitrogen and oxygen atoms in total. The molecule has 1 aromatic heterocycles. The number of hydrogen-bond donors (Lipinski definition) is 1. The number of aromatic amines is 1. The van der Waals surface area contributed by atoms with Crippen molar-refractivity contribution in [1.82, 2.24) is 14.9 Å². The molecule has 0 aliphatic heterocycles. The number of benzene rings is 2. The van der Waals surface area contributed by atoms with Crippen LogP contribution in [-0.4, -0.2) is 33.1 Å². The summed E-state index contributed by atoms with van der Waals surface area (Å²) >= 11 is 5.17. The molecule has 0 saturated carbocycles. The molecule has 0 atom stereocenters. The van der Waals surface area contributed by atoms with E-state index in [9.17, 15) is 10.1 Å². The van der Waals surface area contributed by atoms with Gasteiger partial charge >= 0.3 is 5.69 Å². The summed E-state index contributed by atoms with van der Waals surface area (Å²) in [6.45, 7) is 6.06. The molecule has 0 aliphatic carbocycles. The van der Waals surface area contributed by atoms with Crippen LogP contribution in [0.4, 0.5) is 5.69 Å². The zero-order valence-electron chi connectivity index (χ0n) is 17.7. The number of nitro groups is 1. The third-order valence-corrected chi connectivity index (χ3v) is 4.97. The third-order valence-electron chi connectivity index (χ3n) is 4.71. The lowest BCUT2D eigenvalue weighted by atomic mass is 10.1. The standard InChI is InChI=1S/C21H23N5O4S/c1-5-19-23-24-21(31)25(19)22-11-15-9-17(26(27)28)20(18(10-15)29-4)30-12-16-8-13(2)6-7-14(16)3/h6-11H,5,12H2,1-4H3,(H,24,31)/b22-11-. The lowest BCUT2D eigenvalue weighted by molar-refractivity contribution is -0.386. The largest absolute Gasteiger partial charge is 0.493 e. The van der Waals surface area contributed by atoms with E-state index in [1.54, 1.807) is 6.07 Å². The minimum absolute atomic E-state index is 0.0692. The fourth-order valence-electron chi connectivity index (χ4n) is 3.02. The quantitative estimate of drug-likeness (QED) is 0.239. The Morgan fingerprint density at radius 2 is 2.10 bits per heavy atom. The Balaban J connectivity index is 1.96. The zero-order valence-corrected chi connectivity index (χ0v) is 18.5. The van der Waals surface area contributed by atoms with E-state index in [-0.39, 0.29) is 23.8 Å². The van der Waals surface area contributed by atoms with Crippen molar-refractivity contribution < 1.29 is 14.4 Å². The molecule has 0 unspecified atom stereocenters. The van der Waals surface area contributed by atoms with E-state index >= 15 is 0 Å². The summed E-state index contributed by atoms with van der Waals surface area (Å²) in [5.74, 6) is 0.961. The predicted octanol–water partition coefficient (Wildman–Crippen LogP) is 4.50. The maximum Gasteiger partial charge on any atom is 0.315 e. The van der Waals surface area contributed by atoms with E-state index in [0.717, 1.165) is 16.7 Å². The number of rotatable bonds is 8. The molecule has 0 radical (unpaired) electrons. The second kappa shape index (κ2) is 9.52. The highest BCUT2D eigenvalue weighted by atomic mass is 32.1. The Hall–Kier alpha value is -3.53. The fraction of sp³-hybridized carbons (Fsp3) is 0.286. The van der Waals surface area contributed by atoms with E-state index in [0.29, 0.717) is 22.6 Å². The molecule has 0 aliphatic rings. The smallest absolute Gasteiger partial charge is 0.315 e. The minimum Gasteiger partial charge on any atom is -0.493 e. The van der Waals surface area contributed by atoms with Gasteiger partial charge in [0.2, 0.25) is 10.5 Å². The van der Waals surface area contributed by atoms with Crippen LogP contribution in [0.2, 0.25) is 0 Å². The number of methoxy groups -OCH3 is 1. The molecule has 3 rings (SSSR count). The topological polar surface area (TPSA) is 108 Å². The Labute approximate surface area is 184 Å². The van der Waals surface area contributed by atoms with Crippen molar-refractivity contribution in [2.24, 2.45) is 5.10 Å². The van der Waals surface area contributed by atoms with Crippen LogP contribution in [0.3, 0.4) is 0 Å². The van der Waals surface area contributed by atoms with Crippen molar-refractivity contribution >= 4 is 24.1 Å². The zero-order chi connectivity index (χ0) is 22.5. The van der Waals surface area contributed by atoms with Crippen LogP contribution in [0.1, 0.15) is 35.0 Å². The van der Waals surface area contributed by atoms with Gasteiger partial charge in [-0.3, -0.25) is 15.2 Å². The number of H-pyrrole nitrogens is 1. The Morgan fingerprint density at radius 3 is 2.77 bits per heavy atom. The minimum atomic E-state index is -0.501. The molecule has 0 amide bonds. The van der Waals surface area contributed by atoms with Crippen LogP contribution in [-0.2, 0) is 13.0 Å². The van der Waals surface area contributed by atoms with E-state index in [1.165, 1.54) is 24.1 Å². The second-order valence-corrected chi connectivity index (χ2v) is 7.29. The first-order valence-electron chi connectivity index (χ1n) is 9.60. The third kappa shape index (κ3) is 4.97. The summed E-state index contributed by atoms with van der Waals surface area (Å²) in [5, 5.41) is 22.8. The van der Waals surface area contributed by atoms with Gasteiger partial charge in [-0.15, -0.1) is 0 Å². The molecule has 1 heterocycles. The summed E-state index contributed by atoms with van der Waals surface area (Å²) in [7, 11) is 1.44. The van der Waals surface area contributed by atoms with Gasteiger partial charge < -0.3 is 9.47 Å². The average Bonchev–Trinajstić information content (AvgIpc) is 3.11. The molecule has 0 spiro atoms. The second-order valence-electron chi connectivity index (χ2n) is 6.90. The lowest BCUT2D eigenvalue weighted by Crippen LogP contribution is -2.04. The van der Waals surface area contributed by atoms with Crippen LogP contribution in [0, 0.1) is 28.7 Å². The van der Waals surface area contributed by atoms with Gasteiger partial charge in [-0.2, -0.15) is 14.9 Å². The summed E-state index contributed by atoms with van der Waals surface area (Å²) in [6, 6.07) is 9.01. The molecule has 31 heavy (non-hydrogen) atoms. The molecule has 10 heteroatoms. The Kier molecular flexibility index (Phi) is 6.81. The summed E-state index contributed by atoms with van der Waals surface area (Å²) in [5.41, 5.74) is 3.33. The van der Waals surface area contributed by atoms with Crippen molar-refractivity contribution in [2.45, 2.75) is 33.8 Å². The molecule has 1 N–H and O–H groups in total. The predicted molar refractivity (Wildman–Crippen MR) is 120 cm³/mol. The van der Waals surface area contributed by atoms with Gasteiger partial charge in [0.15, 0.2) is 11.6 Å². The average molecular weight is 442 g/mol. The van der Waals surface area contributed by atoms with Gasteiger partial charge in [-0.05, 0) is 43.3 Å². The van der Waals surface area contributed by atoms with Crippen molar-refractivity contribution in [3.05, 3.63) is 73.3 Å². The molecule has 2 aromatic carbocycles. The number of nitrogens with zero attached hydrogens (tertiary/aromatic N) is 4. The van der Waals surface area contributed by atoms with Crippen molar-refractivity contribution in [1.29, 1.82) is 0 Å². The molecular weight excluding hydrogens is 418 g/mol. The Morgan fingerprint density at radius 1 is 1.32 bits per heavy atom. The van der Waals surface area contributed by atoms with E-state index in [2.05, 4.69) is 15.3 Å². The number of nitro benzene ring substituents is 1. The summed E-state index contributed by atoms with van der Waals surface area (Å²) in [4.78, 5) is 11.2. The molecule has 0 saturated heterocycles. The first-order valence-corrected chi connectivity index (χ1v) is 10.0. The monoisotopic (exact) mass is 441 g/mol. The van der Waals surface area contributed by atoms with Crippen LogP contribution >= 0.6 is 12.2 Å². The first-order chi connectivity index (χ1) is 14.8. The highest BCUT2D eigenvalue weighted by Crippen LogP contribution is 2.38. The van der Waals surface area contributed by atoms with Crippen LogP contribution in [0.25, 0.3) is 0 Å². The van der Waals surface area contributed by atoms with Crippen molar-refractivity contribution in [3.8, 4) is 11.5 Å². The molecule has 3 aromatic rings. The van der Waals surface area contributed by atoms with Gasteiger partial charge in [0, 0.05) is 18.1 Å². The molecule has 0 bridgehead atoms. The maximum atomic E-state index is 11.8. The summed E-state index contributed by atoms with van der Waals surface area (Å²) in [6.07, 6.45) is 2.09. The lowest BCUT2D eigenvalue weighted by Gasteiger charge is -2.13. The van der Waals surface area contributed by atoms with Crippen LogP contribution < -0.4 is 9.47 Å². The van der Waals surface area contributed by atoms with Gasteiger partial charge in [-0.1, -0.05) is 30.7 Å². The number of aryl methyl sites for hydroxylation is 3. The van der Waals surface area contributed by atoms with Gasteiger partial charge in [0.1, 0.15) is 6.61 Å². The number of aromatic nitrogens is 3. The Bertz CT molecular complexity index is 1200. The molecule has 162 valence electrons. The number of ether oxygens (including phenoxy) is 2. The van der Waals surface area contributed by atoms with Crippen molar-refractivity contribution in [3.63, 3.8) is 0 Å². The van der Waals surface area contributed by atoms with Crippen LogP contribution in [0.15, 0.2) is 35.4 Å². The van der Waals surface area contributed by atoms with Gasteiger partial charge in [0.25, 0.3) is 0 Å². The first kappa shape index (κ1) is 22.2. The number of nitrogens with one attached hydrogen (secondary N) is 1. The highest BCUT2D eigenvalue weighted by Gasteiger charge is 2.22. The normalized spacial score (nSPS) is 11.1. The van der Waals surface area contributed by atoms with Gasteiger partial charge in [0.05, 0.1) is 18.2 Å². The highest BCUT2D eigenvalue weighted by molar-refractivity contribution is 7.71. The van der Waals surface area contributed by atoms with Crippen LogP contribution in [0.5, 0.6) is 11.5 Å². The number of hydrogen-bond acceptors (Lipinski definition) is 7.